The van der Waals surface area contributed by atoms with Gasteiger partial charge in [-0.15, -0.1) is 0 Å². The van der Waals surface area contributed by atoms with E-state index in [1.165, 1.54) is 0 Å². The predicted octanol–water partition coefficient (Wildman–Crippen LogP) is 3.44. The molecule has 7 heteroatoms. The van der Waals surface area contributed by atoms with Gasteiger partial charge in [-0.1, -0.05) is 32.1 Å². The summed E-state index contributed by atoms with van der Waals surface area (Å²) in [5, 5.41) is 0. The summed E-state index contributed by atoms with van der Waals surface area (Å²) in [4.78, 5) is 23.9. The highest BCUT2D eigenvalue weighted by atomic mass is 19.4. The van der Waals surface area contributed by atoms with Gasteiger partial charge in [-0.05, 0) is 19.8 Å². The van der Waals surface area contributed by atoms with E-state index in [1.54, 1.807) is 6.92 Å². The summed E-state index contributed by atoms with van der Waals surface area (Å²) < 4.78 is 43.1. The minimum Gasteiger partial charge on any atom is -0.466 e. The van der Waals surface area contributed by atoms with Gasteiger partial charge in [0.2, 0.25) is 0 Å². The van der Waals surface area contributed by atoms with E-state index in [0.29, 0.717) is 12.8 Å². The Morgan fingerprint density at radius 1 is 1.09 bits per heavy atom. The molecule has 0 atom stereocenters. The molecule has 1 aliphatic rings. The SMILES string of the molecule is CCOC(=O)CCN(C(=O)C(F)(F)F)C1CCCCCCC1. The van der Waals surface area contributed by atoms with Crippen LogP contribution in [0.15, 0.2) is 0 Å². The van der Waals surface area contributed by atoms with Crippen LogP contribution in [-0.2, 0) is 14.3 Å². The van der Waals surface area contributed by atoms with Crippen LogP contribution in [0, 0.1) is 0 Å². The van der Waals surface area contributed by atoms with E-state index < -0.39 is 24.1 Å². The van der Waals surface area contributed by atoms with Crippen LogP contribution in [0.2, 0.25) is 0 Å². The first-order valence-corrected chi connectivity index (χ1v) is 7.89. The Hall–Kier alpha value is -1.27. The zero-order chi connectivity index (χ0) is 16.6. The van der Waals surface area contributed by atoms with Crippen molar-refractivity contribution < 1.29 is 27.5 Å². The zero-order valence-corrected chi connectivity index (χ0v) is 13.0. The van der Waals surface area contributed by atoms with Crippen molar-refractivity contribution in [3.05, 3.63) is 0 Å². The van der Waals surface area contributed by atoms with E-state index >= 15 is 0 Å². The molecule has 22 heavy (non-hydrogen) atoms. The van der Waals surface area contributed by atoms with Crippen LogP contribution < -0.4 is 0 Å². The molecule has 128 valence electrons. The molecule has 4 nitrogen and oxygen atoms in total. The van der Waals surface area contributed by atoms with Crippen molar-refractivity contribution in [2.24, 2.45) is 0 Å². The third-order valence-corrected chi connectivity index (χ3v) is 3.88. The van der Waals surface area contributed by atoms with Gasteiger partial charge in [0.25, 0.3) is 0 Å². The highest BCUT2D eigenvalue weighted by molar-refractivity contribution is 5.82. The van der Waals surface area contributed by atoms with Gasteiger partial charge in [-0.25, -0.2) is 0 Å². The molecule has 0 spiro atoms. The summed E-state index contributed by atoms with van der Waals surface area (Å²) >= 11 is 0. The van der Waals surface area contributed by atoms with Crippen molar-refractivity contribution in [1.82, 2.24) is 4.90 Å². The number of hydrogen-bond donors (Lipinski definition) is 0. The molecule has 0 aromatic carbocycles. The van der Waals surface area contributed by atoms with Crippen molar-refractivity contribution in [2.75, 3.05) is 13.2 Å². The first-order chi connectivity index (χ1) is 10.4. The Labute approximate surface area is 129 Å². The number of carbonyl (C=O) groups excluding carboxylic acids is 2. The van der Waals surface area contributed by atoms with E-state index in [1.807, 2.05) is 0 Å². The maximum Gasteiger partial charge on any atom is 0.471 e. The van der Waals surface area contributed by atoms with Crippen LogP contribution in [0.1, 0.15) is 58.3 Å². The lowest BCUT2D eigenvalue weighted by atomic mass is 9.95. The van der Waals surface area contributed by atoms with Crippen LogP contribution in [0.4, 0.5) is 13.2 Å². The number of nitrogens with zero attached hydrogens (tertiary/aromatic N) is 1. The molecular weight excluding hydrogens is 299 g/mol. The summed E-state index contributed by atoms with van der Waals surface area (Å²) in [5.74, 6) is -2.42. The maximum absolute atomic E-state index is 12.8. The Kier molecular flexibility index (Phi) is 7.68. The molecule has 0 aromatic rings. The average molecular weight is 323 g/mol. The van der Waals surface area contributed by atoms with Crippen LogP contribution in [0.3, 0.4) is 0 Å². The molecule has 1 aliphatic carbocycles. The summed E-state index contributed by atoms with van der Waals surface area (Å²) in [6, 6.07) is -0.441. The molecule has 0 saturated heterocycles. The second-order valence-corrected chi connectivity index (χ2v) is 5.55. The number of rotatable bonds is 5. The molecule has 0 aliphatic heterocycles. The van der Waals surface area contributed by atoms with Crippen LogP contribution in [-0.4, -0.2) is 42.1 Å². The van der Waals surface area contributed by atoms with E-state index in [4.69, 9.17) is 4.74 Å². The number of esters is 1. The fourth-order valence-electron chi connectivity index (χ4n) is 2.80. The van der Waals surface area contributed by atoms with Crippen molar-refractivity contribution in [3.8, 4) is 0 Å². The fraction of sp³-hybridized carbons (Fsp3) is 0.867. The Balaban J connectivity index is 2.75. The molecule has 0 radical (unpaired) electrons. The van der Waals surface area contributed by atoms with Gasteiger partial charge in [0.15, 0.2) is 0 Å². The number of amides is 1. The first-order valence-electron chi connectivity index (χ1n) is 7.89. The second-order valence-electron chi connectivity index (χ2n) is 5.55. The third kappa shape index (κ3) is 6.23. The summed E-state index contributed by atoms with van der Waals surface area (Å²) in [7, 11) is 0. The maximum atomic E-state index is 12.8. The summed E-state index contributed by atoms with van der Waals surface area (Å²) in [6.45, 7) is 1.57. The number of alkyl halides is 3. The van der Waals surface area contributed by atoms with Gasteiger partial charge in [0.05, 0.1) is 13.0 Å². The molecule has 1 fully saturated rings. The average Bonchev–Trinajstić information content (AvgIpc) is 2.39. The Bertz CT molecular complexity index is 364. The summed E-state index contributed by atoms with van der Waals surface area (Å²) in [6.07, 6.45) is 0.670. The quantitative estimate of drug-likeness (QED) is 0.728. The molecule has 0 N–H and O–H groups in total. The molecule has 0 heterocycles. The molecular formula is C15H24F3NO3. The van der Waals surface area contributed by atoms with Gasteiger partial charge in [-0.2, -0.15) is 13.2 Å². The minimum absolute atomic E-state index is 0.176. The lowest BCUT2D eigenvalue weighted by Crippen LogP contribution is -2.48. The van der Waals surface area contributed by atoms with E-state index in [-0.39, 0.29) is 19.6 Å². The predicted molar refractivity (Wildman–Crippen MR) is 75.1 cm³/mol. The van der Waals surface area contributed by atoms with Crippen molar-refractivity contribution in [2.45, 2.75) is 70.5 Å². The molecule has 1 amide bonds. The molecule has 0 aromatic heterocycles. The van der Waals surface area contributed by atoms with Crippen LogP contribution in [0.5, 0.6) is 0 Å². The van der Waals surface area contributed by atoms with Crippen LogP contribution in [0.25, 0.3) is 0 Å². The largest absolute Gasteiger partial charge is 0.471 e. The third-order valence-electron chi connectivity index (χ3n) is 3.88. The van der Waals surface area contributed by atoms with E-state index in [0.717, 1.165) is 37.0 Å². The minimum atomic E-state index is -4.91. The topological polar surface area (TPSA) is 46.6 Å². The number of carbonyl (C=O) groups is 2. The highest BCUT2D eigenvalue weighted by Crippen LogP contribution is 2.26. The molecule has 1 saturated carbocycles. The first kappa shape index (κ1) is 18.8. The van der Waals surface area contributed by atoms with E-state index in [9.17, 15) is 22.8 Å². The van der Waals surface area contributed by atoms with Crippen LogP contribution >= 0.6 is 0 Å². The van der Waals surface area contributed by atoms with Gasteiger partial charge >= 0.3 is 18.1 Å². The number of ether oxygens (including phenoxy) is 1. The fourth-order valence-corrected chi connectivity index (χ4v) is 2.80. The van der Waals surface area contributed by atoms with Gasteiger partial charge in [0.1, 0.15) is 0 Å². The monoisotopic (exact) mass is 323 g/mol. The van der Waals surface area contributed by atoms with Crippen molar-refractivity contribution >= 4 is 11.9 Å². The molecule has 1 rings (SSSR count). The van der Waals surface area contributed by atoms with Gasteiger partial charge in [-0.3, -0.25) is 9.59 Å². The van der Waals surface area contributed by atoms with E-state index in [2.05, 4.69) is 0 Å². The van der Waals surface area contributed by atoms with Gasteiger partial charge < -0.3 is 9.64 Å². The zero-order valence-electron chi connectivity index (χ0n) is 13.0. The number of halogens is 3. The Morgan fingerprint density at radius 2 is 1.64 bits per heavy atom. The van der Waals surface area contributed by atoms with Crippen molar-refractivity contribution in [3.63, 3.8) is 0 Å². The molecule has 0 unspecified atom stereocenters. The normalized spacial score (nSPS) is 17.5. The smallest absolute Gasteiger partial charge is 0.466 e. The lowest BCUT2D eigenvalue weighted by Gasteiger charge is -2.33. The van der Waals surface area contributed by atoms with Crippen molar-refractivity contribution in [1.29, 1.82) is 0 Å². The Morgan fingerprint density at radius 3 is 2.14 bits per heavy atom. The lowest BCUT2D eigenvalue weighted by molar-refractivity contribution is -0.188. The second kappa shape index (κ2) is 9.00. The summed E-state index contributed by atoms with van der Waals surface area (Å²) in [5.41, 5.74) is 0. The standard InChI is InChI=1S/C15H24F3NO3/c1-2-22-13(20)10-11-19(14(21)15(16,17)18)12-8-6-4-3-5-7-9-12/h12H,2-11H2,1H3. The number of hydrogen-bond acceptors (Lipinski definition) is 3. The highest BCUT2D eigenvalue weighted by Gasteiger charge is 2.44. The van der Waals surface area contributed by atoms with Gasteiger partial charge in [0, 0.05) is 12.6 Å². The molecule has 0 bridgehead atoms.